The van der Waals surface area contributed by atoms with Crippen LogP contribution in [0.25, 0.3) is 0 Å². The van der Waals surface area contributed by atoms with Gasteiger partial charge >= 0.3 is 0 Å². The molecule has 70 valence electrons. The molecule has 1 N–H and O–H groups in total. The topological polar surface area (TPSA) is 12.0 Å². The molecule has 0 spiro atoms. The molecule has 1 unspecified atom stereocenters. The first-order valence-corrected chi connectivity index (χ1v) is 3.97. The number of hydrogen-bond acceptors (Lipinski definition) is 1. The first-order valence-electron chi connectivity index (χ1n) is 3.97. The number of anilines is 1. The van der Waals surface area contributed by atoms with E-state index in [4.69, 9.17) is 0 Å². The SMILES string of the molecule is C=CC(C)Nc1ccc(F)c(F)c1. The monoisotopic (exact) mass is 183 g/mol. The van der Waals surface area contributed by atoms with Gasteiger partial charge in [0.15, 0.2) is 11.6 Å². The van der Waals surface area contributed by atoms with Crippen LogP contribution in [-0.4, -0.2) is 6.04 Å². The van der Waals surface area contributed by atoms with Gasteiger partial charge in [-0.2, -0.15) is 0 Å². The minimum Gasteiger partial charge on any atom is -0.379 e. The van der Waals surface area contributed by atoms with Gasteiger partial charge in [-0.1, -0.05) is 6.08 Å². The second-order valence-corrected chi connectivity index (χ2v) is 2.80. The predicted octanol–water partition coefficient (Wildman–Crippen LogP) is 2.95. The van der Waals surface area contributed by atoms with E-state index in [0.29, 0.717) is 5.69 Å². The smallest absolute Gasteiger partial charge is 0.160 e. The number of rotatable bonds is 3. The Morgan fingerprint density at radius 1 is 1.38 bits per heavy atom. The van der Waals surface area contributed by atoms with Gasteiger partial charge in [0.05, 0.1) is 0 Å². The molecule has 0 radical (unpaired) electrons. The minimum atomic E-state index is -0.846. The van der Waals surface area contributed by atoms with Crippen LogP contribution in [0.1, 0.15) is 6.92 Å². The summed E-state index contributed by atoms with van der Waals surface area (Å²) in [5, 5.41) is 2.93. The van der Waals surface area contributed by atoms with Crippen LogP contribution in [0.4, 0.5) is 14.5 Å². The van der Waals surface area contributed by atoms with Gasteiger partial charge < -0.3 is 5.32 Å². The molecule has 1 atom stereocenters. The molecular weight excluding hydrogens is 172 g/mol. The fourth-order valence-electron chi connectivity index (χ4n) is 0.908. The van der Waals surface area contributed by atoms with Crippen LogP contribution in [-0.2, 0) is 0 Å². The zero-order valence-corrected chi connectivity index (χ0v) is 7.35. The molecule has 1 aromatic rings. The van der Waals surface area contributed by atoms with Crippen LogP contribution >= 0.6 is 0 Å². The van der Waals surface area contributed by atoms with E-state index in [1.807, 2.05) is 6.92 Å². The Labute approximate surface area is 76.1 Å². The lowest BCUT2D eigenvalue weighted by atomic mass is 10.2. The third kappa shape index (κ3) is 2.54. The summed E-state index contributed by atoms with van der Waals surface area (Å²) in [6, 6.07) is 3.73. The molecule has 13 heavy (non-hydrogen) atoms. The molecule has 0 saturated heterocycles. The van der Waals surface area contributed by atoms with Gasteiger partial charge in [-0.15, -0.1) is 6.58 Å². The lowest BCUT2D eigenvalue weighted by Crippen LogP contribution is -2.11. The van der Waals surface area contributed by atoms with Crippen molar-refractivity contribution < 1.29 is 8.78 Å². The fraction of sp³-hybridized carbons (Fsp3) is 0.200. The molecule has 1 nitrogen and oxygen atoms in total. The van der Waals surface area contributed by atoms with Crippen LogP contribution in [0.3, 0.4) is 0 Å². The highest BCUT2D eigenvalue weighted by Crippen LogP contribution is 2.13. The third-order valence-electron chi connectivity index (χ3n) is 1.67. The van der Waals surface area contributed by atoms with Crippen molar-refractivity contribution in [3.8, 4) is 0 Å². The fourth-order valence-corrected chi connectivity index (χ4v) is 0.908. The second-order valence-electron chi connectivity index (χ2n) is 2.80. The summed E-state index contributed by atoms with van der Waals surface area (Å²) < 4.78 is 25.2. The van der Waals surface area contributed by atoms with E-state index in [9.17, 15) is 8.78 Å². The predicted molar refractivity (Wildman–Crippen MR) is 49.6 cm³/mol. The molecule has 0 aromatic heterocycles. The van der Waals surface area contributed by atoms with E-state index in [0.717, 1.165) is 12.1 Å². The van der Waals surface area contributed by atoms with E-state index in [-0.39, 0.29) is 6.04 Å². The second kappa shape index (κ2) is 4.03. The highest BCUT2D eigenvalue weighted by atomic mass is 19.2. The standard InChI is InChI=1S/C10H11F2N/c1-3-7(2)13-8-4-5-9(11)10(12)6-8/h3-7,13H,1H2,2H3. The van der Waals surface area contributed by atoms with Crippen LogP contribution in [0, 0.1) is 11.6 Å². The Kier molecular flexibility index (Phi) is 3.01. The highest BCUT2D eigenvalue weighted by molar-refractivity contribution is 5.44. The number of hydrogen-bond donors (Lipinski definition) is 1. The number of halogens is 2. The van der Waals surface area contributed by atoms with E-state index in [1.54, 1.807) is 6.08 Å². The molecule has 0 amide bonds. The molecule has 0 aliphatic rings. The summed E-state index contributed by atoms with van der Waals surface area (Å²) in [6.07, 6.45) is 1.68. The normalized spacial score (nSPS) is 12.2. The van der Waals surface area contributed by atoms with E-state index in [2.05, 4.69) is 11.9 Å². The zero-order valence-electron chi connectivity index (χ0n) is 7.35. The first kappa shape index (κ1) is 9.71. The van der Waals surface area contributed by atoms with Crippen molar-refractivity contribution in [2.75, 3.05) is 5.32 Å². The van der Waals surface area contributed by atoms with Gasteiger partial charge in [-0.05, 0) is 19.1 Å². The molecule has 0 saturated carbocycles. The lowest BCUT2D eigenvalue weighted by Gasteiger charge is -2.10. The molecule has 0 aliphatic carbocycles. The molecular formula is C10H11F2N. The number of benzene rings is 1. The third-order valence-corrected chi connectivity index (χ3v) is 1.67. The molecule has 0 aliphatic heterocycles. The van der Waals surface area contributed by atoms with Gasteiger partial charge in [0, 0.05) is 17.8 Å². The van der Waals surface area contributed by atoms with Gasteiger partial charge in [0.25, 0.3) is 0 Å². The van der Waals surface area contributed by atoms with Gasteiger partial charge in [-0.25, -0.2) is 8.78 Å². The molecule has 1 aromatic carbocycles. The lowest BCUT2D eigenvalue weighted by molar-refractivity contribution is 0.509. The molecule has 0 heterocycles. The van der Waals surface area contributed by atoms with Crippen molar-refractivity contribution in [3.63, 3.8) is 0 Å². The van der Waals surface area contributed by atoms with E-state index in [1.165, 1.54) is 6.07 Å². The van der Waals surface area contributed by atoms with Gasteiger partial charge in [0.2, 0.25) is 0 Å². The Morgan fingerprint density at radius 2 is 2.08 bits per heavy atom. The summed E-state index contributed by atoms with van der Waals surface area (Å²) in [4.78, 5) is 0. The van der Waals surface area contributed by atoms with Gasteiger partial charge in [0.1, 0.15) is 0 Å². The average molecular weight is 183 g/mol. The molecule has 1 rings (SSSR count). The molecule has 0 fully saturated rings. The average Bonchev–Trinajstić information content (AvgIpc) is 2.11. The van der Waals surface area contributed by atoms with Crippen molar-refractivity contribution >= 4 is 5.69 Å². The largest absolute Gasteiger partial charge is 0.379 e. The maximum absolute atomic E-state index is 12.7. The van der Waals surface area contributed by atoms with Crippen LogP contribution in [0.2, 0.25) is 0 Å². The van der Waals surface area contributed by atoms with Crippen LogP contribution < -0.4 is 5.32 Å². The Balaban J connectivity index is 2.79. The van der Waals surface area contributed by atoms with Crippen molar-refractivity contribution in [1.29, 1.82) is 0 Å². The Bertz CT molecular complexity index is 310. The number of nitrogens with one attached hydrogen (secondary N) is 1. The Morgan fingerprint density at radius 3 is 2.62 bits per heavy atom. The van der Waals surface area contributed by atoms with Crippen LogP contribution in [0.15, 0.2) is 30.9 Å². The van der Waals surface area contributed by atoms with Gasteiger partial charge in [-0.3, -0.25) is 0 Å². The van der Waals surface area contributed by atoms with E-state index < -0.39 is 11.6 Å². The van der Waals surface area contributed by atoms with Crippen molar-refractivity contribution in [2.45, 2.75) is 13.0 Å². The van der Waals surface area contributed by atoms with E-state index >= 15 is 0 Å². The first-order chi connectivity index (χ1) is 6.13. The van der Waals surface area contributed by atoms with Crippen molar-refractivity contribution in [2.24, 2.45) is 0 Å². The maximum atomic E-state index is 12.7. The summed E-state index contributed by atoms with van der Waals surface area (Å²) in [6.45, 7) is 5.44. The minimum absolute atomic E-state index is 0.0323. The van der Waals surface area contributed by atoms with Crippen molar-refractivity contribution in [1.82, 2.24) is 0 Å². The quantitative estimate of drug-likeness (QED) is 0.710. The maximum Gasteiger partial charge on any atom is 0.160 e. The summed E-state index contributed by atoms with van der Waals surface area (Å²) in [5.41, 5.74) is 0.548. The summed E-state index contributed by atoms with van der Waals surface area (Å²) in [7, 11) is 0. The summed E-state index contributed by atoms with van der Waals surface area (Å²) in [5.74, 6) is -1.68. The summed E-state index contributed by atoms with van der Waals surface area (Å²) >= 11 is 0. The zero-order chi connectivity index (χ0) is 9.84. The molecule has 0 bridgehead atoms. The Hall–Kier alpha value is -1.38. The highest BCUT2D eigenvalue weighted by Gasteiger charge is 2.02. The molecule has 3 heteroatoms. The van der Waals surface area contributed by atoms with Crippen LogP contribution in [0.5, 0.6) is 0 Å². The van der Waals surface area contributed by atoms with Crippen molar-refractivity contribution in [3.05, 3.63) is 42.5 Å².